The molecular formula is C14H19N3O. The zero-order chi connectivity index (χ0) is 13.0. The molecule has 4 heteroatoms. The molecule has 0 unspecified atom stereocenters. The lowest BCUT2D eigenvalue weighted by atomic mass is 10.1. The molecule has 1 heterocycles. The zero-order valence-electron chi connectivity index (χ0n) is 10.6. The van der Waals surface area contributed by atoms with Crippen molar-refractivity contribution in [3.63, 3.8) is 0 Å². The summed E-state index contributed by atoms with van der Waals surface area (Å²) in [5, 5.41) is 13.1. The Morgan fingerprint density at radius 3 is 2.67 bits per heavy atom. The highest BCUT2D eigenvalue weighted by Crippen LogP contribution is 2.15. The summed E-state index contributed by atoms with van der Waals surface area (Å²) in [4.78, 5) is 0. The van der Waals surface area contributed by atoms with Crippen LogP contribution >= 0.6 is 0 Å². The summed E-state index contributed by atoms with van der Waals surface area (Å²) in [6, 6.07) is 8.34. The van der Waals surface area contributed by atoms with E-state index >= 15 is 0 Å². The molecule has 0 saturated heterocycles. The molecule has 0 aliphatic heterocycles. The second kappa shape index (κ2) is 5.69. The molecule has 0 atom stereocenters. The second-order valence-electron chi connectivity index (χ2n) is 4.53. The Balaban J connectivity index is 2.09. The minimum absolute atomic E-state index is 0.183. The highest BCUT2D eigenvalue weighted by atomic mass is 16.2. The summed E-state index contributed by atoms with van der Waals surface area (Å²) in [7, 11) is 0. The molecule has 0 aliphatic rings. The maximum atomic E-state index is 8.82. The molecule has 0 spiro atoms. The van der Waals surface area contributed by atoms with E-state index in [-0.39, 0.29) is 6.61 Å². The van der Waals surface area contributed by atoms with Gasteiger partial charge in [-0.25, -0.2) is 4.68 Å². The van der Waals surface area contributed by atoms with E-state index in [0.717, 1.165) is 18.4 Å². The lowest BCUT2D eigenvalue weighted by molar-refractivity contribution is 0.288. The van der Waals surface area contributed by atoms with Crippen molar-refractivity contribution in [1.82, 2.24) is 9.78 Å². The number of benzene rings is 1. The number of aromatic nitrogens is 2. The first-order chi connectivity index (χ1) is 8.70. The molecule has 96 valence electrons. The van der Waals surface area contributed by atoms with E-state index in [0.29, 0.717) is 12.4 Å². The monoisotopic (exact) mass is 245 g/mol. The van der Waals surface area contributed by atoms with Crippen LogP contribution in [0.5, 0.6) is 0 Å². The van der Waals surface area contributed by atoms with Crippen LogP contribution in [0, 0.1) is 6.92 Å². The van der Waals surface area contributed by atoms with Crippen molar-refractivity contribution >= 4 is 5.82 Å². The zero-order valence-corrected chi connectivity index (χ0v) is 10.6. The Kier molecular flexibility index (Phi) is 3.99. The van der Waals surface area contributed by atoms with Crippen LogP contribution in [0.3, 0.4) is 0 Å². The normalized spacial score (nSPS) is 10.8. The van der Waals surface area contributed by atoms with Crippen LogP contribution in [0.25, 0.3) is 0 Å². The highest BCUT2D eigenvalue weighted by Gasteiger charge is 2.07. The van der Waals surface area contributed by atoms with Gasteiger partial charge in [0.25, 0.3) is 0 Å². The van der Waals surface area contributed by atoms with Gasteiger partial charge in [-0.1, -0.05) is 29.8 Å². The largest absolute Gasteiger partial charge is 0.396 e. The fraction of sp³-hybridized carbons (Fsp3) is 0.357. The van der Waals surface area contributed by atoms with Crippen LogP contribution in [0.1, 0.15) is 23.1 Å². The topological polar surface area (TPSA) is 64.1 Å². The minimum atomic E-state index is 0.183. The molecule has 1 aromatic carbocycles. The molecule has 0 amide bonds. The SMILES string of the molecule is Cc1ccc(Cn2ncc(CCCO)c2N)cc1. The van der Waals surface area contributed by atoms with Crippen LogP contribution in [0.15, 0.2) is 30.5 Å². The number of rotatable bonds is 5. The molecule has 2 rings (SSSR count). The van der Waals surface area contributed by atoms with Gasteiger partial charge in [0.15, 0.2) is 0 Å². The average molecular weight is 245 g/mol. The van der Waals surface area contributed by atoms with Gasteiger partial charge in [-0.15, -0.1) is 0 Å². The van der Waals surface area contributed by atoms with Crippen LogP contribution < -0.4 is 5.73 Å². The third-order valence-corrected chi connectivity index (χ3v) is 3.02. The fourth-order valence-corrected chi connectivity index (χ4v) is 1.89. The van der Waals surface area contributed by atoms with Crippen molar-refractivity contribution in [3.8, 4) is 0 Å². The average Bonchev–Trinajstić information content (AvgIpc) is 2.71. The molecule has 1 aromatic heterocycles. The van der Waals surface area contributed by atoms with Crippen molar-refractivity contribution in [2.45, 2.75) is 26.3 Å². The van der Waals surface area contributed by atoms with E-state index in [2.05, 4.69) is 36.3 Å². The van der Waals surface area contributed by atoms with Gasteiger partial charge in [-0.2, -0.15) is 5.10 Å². The summed E-state index contributed by atoms with van der Waals surface area (Å²) in [5.74, 6) is 0.698. The predicted molar refractivity (Wildman–Crippen MR) is 72.3 cm³/mol. The number of aliphatic hydroxyl groups is 1. The number of nitrogen functional groups attached to an aromatic ring is 1. The Morgan fingerprint density at radius 2 is 2.00 bits per heavy atom. The van der Waals surface area contributed by atoms with E-state index < -0.39 is 0 Å². The molecule has 0 bridgehead atoms. The molecule has 4 nitrogen and oxygen atoms in total. The van der Waals surface area contributed by atoms with E-state index in [1.165, 1.54) is 11.1 Å². The molecular weight excluding hydrogens is 226 g/mol. The van der Waals surface area contributed by atoms with Crippen LogP contribution in [-0.2, 0) is 13.0 Å². The van der Waals surface area contributed by atoms with E-state index in [9.17, 15) is 0 Å². The third-order valence-electron chi connectivity index (χ3n) is 3.02. The van der Waals surface area contributed by atoms with Crippen molar-refractivity contribution < 1.29 is 5.11 Å². The van der Waals surface area contributed by atoms with Crippen molar-refractivity contribution in [2.75, 3.05) is 12.3 Å². The van der Waals surface area contributed by atoms with Crippen molar-refractivity contribution in [1.29, 1.82) is 0 Å². The lowest BCUT2D eigenvalue weighted by Gasteiger charge is -2.06. The maximum Gasteiger partial charge on any atom is 0.125 e. The first-order valence-electron chi connectivity index (χ1n) is 6.17. The van der Waals surface area contributed by atoms with Gasteiger partial charge in [0, 0.05) is 12.2 Å². The standard InChI is InChI=1S/C14H19N3O/c1-11-4-6-12(7-5-11)10-17-14(15)13(9-16-17)3-2-8-18/h4-7,9,18H,2-3,8,10,15H2,1H3. The Morgan fingerprint density at radius 1 is 1.28 bits per heavy atom. The van der Waals surface area contributed by atoms with Gasteiger partial charge in [0.2, 0.25) is 0 Å². The van der Waals surface area contributed by atoms with Crippen LogP contribution in [0.2, 0.25) is 0 Å². The summed E-state index contributed by atoms with van der Waals surface area (Å²) < 4.78 is 1.80. The van der Waals surface area contributed by atoms with Gasteiger partial charge in [0.1, 0.15) is 5.82 Å². The van der Waals surface area contributed by atoms with E-state index in [1.54, 1.807) is 10.9 Å². The van der Waals surface area contributed by atoms with E-state index in [1.807, 2.05) is 0 Å². The molecule has 2 aromatic rings. The summed E-state index contributed by atoms with van der Waals surface area (Å²) in [6.07, 6.45) is 3.29. The Hall–Kier alpha value is -1.81. The number of hydrogen-bond donors (Lipinski definition) is 2. The molecule has 0 fully saturated rings. The molecule has 0 aliphatic carbocycles. The molecule has 18 heavy (non-hydrogen) atoms. The summed E-state index contributed by atoms with van der Waals surface area (Å²) in [5.41, 5.74) is 9.48. The maximum absolute atomic E-state index is 8.82. The van der Waals surface area contributed by atoms with Gasteiger partial charge in [-0.3, -0.25) is 0 Å². The Bertz CT molecular complexity index is 502. The first kappa shape index (κ1) is 12.6. The number of aliphatic hydroxyl groups excluding tert-OH is 1. The molecule has 3 N–H and O–H groups in total. The highest BCUT2D eigenvalue weighted by molar-refractivity contribution is 5.39. The lowest BCUT2D eigenvalue weighted by Crippen LogP contribution is -2.07. The number of aryl methyl sites for hydroxylation is 2. The van der Waals surface area contributed by atoms with E-state index in [4.69, 9.17) is 10.8 Å². The van der Waals surface area contributed by atoms with Crippen LogP contribution in [-0.4, -0.2) is 21.5 Å². The number of nitrogens with two attached hydrogens (primary N) is 1. The van der Waals surface area contributed by atoms with Crippen molar-refractivity contribution in [2.24, 2.45) is 0 Å². The van der Waals surface area contributed by atoms with Crippen LogP contribution in [0.4, 0.5) is 5.82 Å². The van der Waals surface area contributed by atoms with Gasteiger partial charge in [-0.05, 0) is 25.3 Å². The Labute approximate surface area is 107 Å². The third kappa shape index (κ3) is 2.90. The predicted octanol–water partition coefficient (Wildman–Crippen LogP) is 1.75. The second-order valence-corrected chi connectivity index (χ2v) is 4.53. The number of hydrogen-bond acceptors (Lipinski definition) is 3. The minimum Gasteiger partial charge on any atom is -0.396 e. The quantitative estimate of drug-likeness (QED) is 0.843. The van der Waals surface area contributed by atoms with Gasteiger partial charge < -0.3 is 10.8 Å². The number of nitrogens with zero attached hydrogens (tertiary/aromatic N) is 2. The number of anilines is 1. The van der Waals surface area contributed by atoms with Crippen molar-refractivity contribution in [3.05, 3.63) is 47.2 Å². The molecule has 0 radical (unpaired) electrons. The smallest absolute Gasteiger partial charge is 0.125 e. The van der Waals surface area contributed by atoms with Gasteiger partial charge in [0.05, 0.1) is 12.7 Å². The molecule has 0 saturated carbocycles. The summed E-state index contributed by atoms with van der Waals surface area (Å²) in [6.45, 7) is 2.94. The fourth-order valence-electron chi connectivity index (χ4n) is 1.89. The van der Waals surface area contributed by atoms with Gasteiger partial charge >= 0.3 is 0 Å². The first-order valence-corrected chi connectivity index (χ1v) is 6.17. The summed E-state index contributed by atoms with van der Waals surface area (Å²) >= 11 is 0.